The predicted molar refractivity (Wildman–Crippen MR) is 87.9 cm³/mol. The monoisotopic (exact) mass is 358 g/mol. The number of aromatic amines is 1. The molecule has 0 radical (unpaired) electrons. The zero-order valence-corrected chi connectivity index (χ0v) is 13.7. The minimum absolute atomic E-state index is 0.0428. The fourth-order valence-corrected chi connectivity index (χ4v) is 3.62. The first-order chi connectivity index (χ1) is 10.6. The molecule has 0 atom stereocenters. The van der Waals surface area contributed by atoms with E-state index < -0.39 is 0 Å². The van der Waals surface area contributed by atoms with E-state index in [0.29, 0.717) is 17.9 Å². The van der Waals surface area contributed by atoms with Crippen molar-refractivity contribution >= 4 is 32.7 Å². The predicted octanol–water partition coefficient (Wildman–Crippen LogP) is 4.03. The van der Waals surface area contributed by atoms with Crippen molar-refractivity contribution in [3.63, 3.8) is 0 Å². The number of halogens is 1. The Hall–Kier alpha value is -2.01. The van der Waals surface area contributed by atoms with Crippen molar-refractivity contribution in [2.45, 2.75) is 19.9 Å². The Balaban J connectivity index is 1.72. The van der Waals surface area contributed by atoms with Crippen molar-refractivity contribution in [3.8, 4) is 0 Å². The molecule has 0 aliphatic carbocycles. The van der Waals surface area contributed by atoms with Crippen molar-refractivity contribution in [3.05, 3.63) is 57.6 Å². The maximum absolute atomic E-state index is 12.7. The highest BCUT2D eigenvalue weighted by Crippen LogP contribution is 2.32. The van der Waals surface area contributed by atoms with E-state index in [9.17, 15) is 4.79 Å². The van der Waals surface area contributed by atoms with E-state index in [4.69, 9.17) is 4.42 Å². The van der Waals surface area contributed by atoms with Crippen LogP contribution in [0.3, 0.4) is 0 Å². The number of H-pyrrole nitrogens is 1. The third kappa shape index (κ3) is 2.00. The summed E-state index contributed by atoms with van der Waals surface area (Å²) in [6.45, 7) is 3.18. The Morgan fingerprint density at radius 3 is 3.00 bits per heavy atom. The highest BCUT2D eigenvalue weighted by molar-refractivity contribution is 9.10. The van der Waals surface area contributed by atoms with Gasteiger partial charge in [0.1, 0.15) is 5.76 Å². The lowest BCUT2D eigenvalue weighted by atomic mass is 10.0. The number of aryl methyl sites for hydroxylation is 1. The summed E-state index contributed by atoms with van der Waals surface area (Å²) >= 11 is 3.58. The molecule has 0 fully saturated rings. The summed E-state index contributed by atoms with van der Waals surface area (Å²) < 4.78 is 6.32. The van der Waals surface area contributed by atoms with Crippen LogP contribution in [-0.4, -0.2) is 22.3 Å². The quantitative estimate of drug-likeness (QED) is 0.713. The second-order valence-electron chi connectivity index (χ2n) is 5.61. The molecule has 0 spiro atoms. The van der Waals surface area contributed by atoms with Gasteiger partial charge in [0.25, 0.3) is 5.91 Å². The standard InChI is InChI=1S/C17H15BrN2O2/c1-10-11(6-8-22-10)17(21)20-7-5-15-13(9-20)12-3-2-4-14(18)16(12)19-15/h2-4,6,8,19H,5,7,9H2,1H3. The molecule has 1 aliphatic rings. The van der Waals surface area contributed by atoms with Gasteiger partial charge in [-0.25, -0.2) is 0 Å². The molecule has 3 heterocycles. The number of para-hydroxylation sites is 1. The molecule has 4 rings (SSSR count). The molecule has 1 N–H and O–H groups in total. The fraction of sp³-hybridized carbons (Fsp3) is 0.235. The van der Waals surface area contributed by atoms with Gasteiger partial charge in [-0.1, -0.05) is 12.1 Å². The van der Waals surface area contributed by atoms with Gasteiger partial charge in [-0.05, 0) is 35.0 Å². The van der Waals surface area contributed by atoms with Gasteiger partial charge in [0.05, 0.1) is 17.3 Å². The number of benzene rings is 1. The van der Waals surface area contributed by atoms with Crippen LogP contribution in [0.1, 0.15) is 27.4 Å². The molecule has 3 aromatic rings. The lowest BCUT2D eigenvalue weighted by molar-refractivity contribution is 0.0733. The first-order valence-electron chi connectivity index (χ1n) is 7.26. The first kappa shape index (κ1) is 13.6. The third-order valence-corrected chi connectivity index (χ3v) is 5.00. The number of hydrogen-bond acceptors (Lipinski definition) is 2. The van der Waals surface area contributed by atoms with Crippen molar-refractivity contribution in [1.29, 1.82) is 0 Å². The molecule has 0 saturated carbocycles. The highest BCUT2D eigenvalue weighted by Gasteiger charge is 2.26. The lowest BCUT2D eigenvalue weighted by Gasteiger charge is -2.27. The zero-order chi connectivity index (χ0) is 15.3. The Bertz CT molecular complexity index is 878. The summed E-state index contributed by atoms with van der Waals surface area (Å²) in [5, 5.41) is 1.19. The molecule has 1 aliphatic heterocycles. The number of carbonyl (C=O) groups excluding carboxylic acids is 1. The van der Waals surface area contributed by atoms with Crippen molar-refractivity contribution in [2.24, 2.45) is 0 Å². The number of amides is 1. The molecule has 0 bridgehead atoms. The summed E-state index contributed by atoms with van der Waals surface area (Å²) in [6.07, 6.45) is 2.42. The third-order valence-electron chi connectivity index (χ3n) is 4.34. The molecule has 4 nitrogen and oxygen atoms in total. The molecular weight excluding hydrogens is 344 g/mol. The number of nitrogens with one attached hydrogen (secondary N) is 1. The van der Waals surface area contributed by atoms with Crippen LogP contribution in [0.25, 0.3) is 10.9 Å². The summed E-state index contributed by atoms with van der Waals surface area (Å²) in [7, 11) is 0. The second kappa shape index (κ2) is 5.02. The van der Waals surface area contributed by atoms with Crippen LogP contribution in [0.4, 0.5) is 0 Å². The van der Waals surface area contributed by atoms with Crippen LogP contribution in [0.2, 0.25) is 0 Å². The van der Waals surface area contributed by atoms with E-state index in [-0.39, 0.29) is 5.91 Å². The molecule has 1 aromatic carbocycles. The van der Waals surface area contributed by atoms with Crippen molar-refractivity contribution in [2.75, 3.05) is 6.54 Å². The number of nitrogens with zero attached hydrogens (tertiary/aromatic N) is 1. The van der Waals surface area contributed by atoms with E-state index in [1.54, 1.807) is 12.3 Å². The van der Waals surface area contributed by atoms with Crippen LogP contribution < -0.4 is 0 Å². The number of rotatable bonds is 1. The second-order valence-corrected chi connectivity index (χ2v) is 6.47. The molecule has 2 aromatic heterocycles. The summed E-state index contributed by atoms with van der Waals surface area (Å²) in [5.74, 6) is 0.721. The Labute approximate surface area is 136 Å². The minimum Gasteiger partial charge on any atom is -0.469 e. The SMILES string of the molecule is Cc1occc1C(=O)N1CCc2[nH]c3c(Br)cccc3c2C1. The van der Waals surface area contributed by atoms with Crippen molar-refractivity contribution < 1.29 is 9.21 Å². The molecule has 5 heteroatoms. The van der Waals surface area contributed by atoms with Crippen LogP contribution >= 0.6 is 15.9 Å². The molecule has 0 saturated heterocycles. The Morgan fingerprint density at radius 2 is 2.23 bits per heavy atom. The molecule has 112 valence electrons. The maximum Gasteiger partial charge on any atom is 0.257 e. The summed E-state index contributed by atoms with van der Waals surface area (Å²) in [6, 6.07) is 7.91. The fourth-order valence-electron chi connectivity index (χ4n) is 3.15. The number of fused-ring (bicyclic) bond motifs is 3. The minimum atomic E-state index is 0.0428. The zero-order valence-electron chi connectivity index (χ0n) is 12.1. The van der Waals surface area contributed by atoms with Gasteiger partial charge < -0.3 is 14.3 Å². The van der Waals surface area contributed by atoms with Crippen LogP contribution in [0.15, 0.2) is 39.4 Å². The average molecular weight is 359 g/mol. The van der Waals surface area contributed by atoms with Crippen molar-refractivity contribution in [1.82, 2.24) is 9.88 Å². The van der Waals surface area contributed by atoms with E-state index in [1.165, 1.54) is 16.6 Å². The van der Waals surface area contributed by atoms with E-state index in [2.05, 4.69) is 27.0 Å². The molecule has 22 heavy (non-hydrogen) atoms. The normalized spacial score (nSPS) is 14.4. The van der Waals surface area contributed by atoms with Crippen LogP contribution in [-0.2, 0) is 13.0 Å². The molecule has 1 amide bonds. The van der Waals surface area contributed by atoms with Crippen LogP contribution in [0, 0.1) is 6.92 Å². The van der Waals surface area contributed by atoms with Gasteiger partial charge in [0.15, 0.2) is 0 Å². The number of hydrogen-bond donors (Lipinski definition) is 1. The Kier molecular flexibility index (Phi) is 3.11. The maximum atomic E-state index is 12.7. The van der Waals surface area contributed by atoms with E-state index in [0.717, 1.165) is 23.0 Å². The van der Waals surface area contributed by atoms with Gasteiger partial charge in [-0.2, -0.15) is 0 Å². The number of carbonyl (C=O) groups is 1. The molecular formula is C17H15BrN2O2. The average Bonchev–Trinajstić information content (AvgIpc) is 3.10. The highest BCUT2D eigenvalue weighted by atomic mass is 79.9. The Morgan fingerprint density at radius 1 is 1.36 bits per heavy atom. The largest absolute Gasteiger partial charge is 0.469 e. The van der Waals surface area contributed by atoms with Gasteiger partial charge in [-0.15, -0.1) is 0 Å². The van der Waals surface area contributed by atoms with E-state index in [1.807, 2.05) is 24.0 Å². The lowest BCUT2D eigenvalue weighted by Crippen LogP contribution is -2.35. The number of aromatic nitrogens is 1. The topological polar surface area (TPSA) is 49.2 Å². The van der Waals surface area contributed by atoms with E-state index >= 15 is 0 Å². The van der Waals surface area contributed by atoms with Crippen LogP contribution in [0.5, 0.6) is 0 Å². The number of furan rings is 1. The van der Waals surface area contributed by atoms with Gasteiger partial charge in [0, 0.05) is 40.6 Å². The molecule has 0 unspecified atom stereocenters. The first-order valence-corrected chi connectivity index (χ1v) is 8.06. The summed E-state index contributed by atoms with van der Waals surface area (Å²) in [4.78, 5) is 18.0. The summed E-state index contributed by atoms with van der Waals surface area (Å²) in [5.41, 5.74) is 4.22. The van der Waals surface area contributed by atoms with Gasteiger partial charge in [-0.3, -0.25) is 4.79 Å². The smallest absolute Gasteiger partial charge is 0.257 e. The van der Waals surface area contributed by atoms with Gasteiger partial charge in [0.2, 0.25) is 0 Å². The van der Waals surface area contributed by atoms with Gasteiger partial charge >= 0.3 is 0 Å².